The molecule has 0 bridgehead atoms. The Kier molecular flexibility index (Phi) is 5.72. The molecule has 5 nitrogen and oxygen atoms in total. The van der Waals surface area contributed by atoms with Crippen molar-refractivity contribution < 1.29 is 0 Å². The van der Waals surface area contributed by atoms with Crippen LogP contribution in [0.15, 0.2) is 18.2 Å². The monoisotopic (exact) mass is 393 g/mol. The van der Waals surface area contributed by atoms with Gasteiger partial charge in [0.25, 0.3) is 0 Å². The number of aromatic nitrogens is 2. The standard InChI is InChI=1S/C19H25Cl2N5/c1-12-17(13-5-4-6-14(20)16(13)21)25-15(11-23-3)18(24-12)26-9-7-19(2,22)8-10-26/h4-6,23H,7-11,22H2,1-3H3. The van der Waals surface area contributed by atoms with Gasteiger partial charge in [-0.15, -0.1) is 0 Å². The van der Waals surface area contributed by atoms with Crippen molar-refractivity contribution in [3.8, 4) is 11.3 Å². The van der Waals surface area contributed by atoms with Gasteiger partial charge in [-0.1, -0.05) is 35.3 Å². The number of piperidine rings is 1. The van der Waals surface area contributed by atoms with Crippen LogP contribution in [-0.2, 0) is 6.54 Å². The molecule has 1 aliphatic heterocycles. The molecule has 3 rings (SSSR count). The first-order chi connectivity index (χ1) is 12.3. The second-order valence-electron chi connectivity index (χ2n) is 7.20. The molecule has 0 unspecified atom stereocenters. The second-order valence-corrected chi connectivity index (χ2v) is 7.99. The largest absolute Gasteiger partial charge is 0.355 e. The molecule has 0 aliphatic carbocycles. The Balaban J connectivity index is 2.03. The SMILES string of the molecule is CNCc1nc(-c2cccc(Cl)c2Cl)c(C)nc1N1CCC(C)(N)CC1. The minimum Gasteiger partial charge on any atom is -0.355 e. The van der Waals surface area contributed by atoms with Crippen LogP contribution >= 0.6 is 23.2 Å². The summed E-state index contributed by atoms with van der Waals surface area (Å²) >= 11 is 12.6. The van der Waals surface area contributed by atoms with Crippen LogP contribution in [0.2, 0.25) is 10.0 Å². The zero-order chi connectivity index (χ0) is 18.9. The maximum atomic E-state index is 6.41. The topological polar surface area (TPSA) is 67.1 Å². The Hall–Kier alpha value is -1.40. The summed E-state index contributed by atoms with van der Waals surface area (Å²) < 4.78 is 0. The van der Waals surface area contributed by atoms with Gasteiger partial charge in [-0.05, 0) is 39.8 Å². The van der Waals surface area contributed by atoms with Crippen molar-refractivity contribution >= 4 is 29.0 Å². The van der Waals surface area contributed by atoms with Crippen LogP contribution in [-0.4, -0.2) is 35.6 Å². The van der Waals surface area contributed by atoms with E-state index < -0.39 is 0 Å². The summed E-state index contributed by atoms with van der Waals surface area (Å²) in [5.74, 6) is 0.925. The highest BCUT2D eigenvalue weighted by Gasteiger charge is 2.28. The highest BCUT2D eigenvalue weighted by atomic mass is 35.5. The van der Waals surface area contributed by atoms with Crippen LogP contribution in [0.4, 0.5) is 5.82 Å². The van der Waals surface area contributed by atoms with E-state index in [0.717, 1.165) is 54.4 Å². The molecule has 0 amide bonds. The van der Waals surface area contributed by atoms with E-state index in [1.165, 1.54) is 0 Å². The number of hydrogen-bond donors (Lipinski definition) is 2. The molecule has 26 heavy (non-hydrogen) atoms. The molecule has 3 N–H and O–H groups in total. The molecule has 1 saturated heterocycles. The number of hydrogen-bond acceptors (Lipinski definition) is 5. The van der Waals surface area contributed by atoms with E-state index in [1.807, 2.05) is 26.1 Å². The van der Waals surface area contributed by atoms with Crippen molar-refractivity contribution in [3.05, 3.63) is 39.6 Å². The molecular weight excluding hydrogens is 369 g/mol. The predicted octanol–water partition coefficient (Wildman–Crippen LogP) is 3.80. The fourth-order valence-electron chi connectivity index (χ4n) is 3.25. The van der Waals surface area contributed by atoms with Crippen molar-refractivity contribution in [2.45, 2.75) is 38.8 Å². The van der Waals surface area contributed by atoms with Crippen LogP contribution in [0.25, 0.3) is 11.3 Å². The highest BCUT2D eigenvalue weighted by Crippen LogP contribution is 2.35. The van der Waals surface area contributed by atoms with E-state index in [4.69, 9.17) is 38.9 Å². The average molecular weight is 394 g/mol. The van der Waals surface area contributed by atoms with Crippen molar-refractivity contribution in [1.82, 2.24) is 15.3 Å². The zero-order valence-corrected chi connectivity index (χ0v) is 17.0. The second kappa shape index (κ2) is 7.69. The summed E-state index contributed by atoms with van der Waals surface area (Å²) in [6.45, 7) is 6.47. The van der Waals surface area contributed by atoms with Crippen molar-refractivity contribution in [2.24, 2.45) is 5.73 Å². The molecular formula is C19H25Cl2N5. The molecule has 0 spiro atoms. The molecule has 1 aliphatic rings. The van der Waals surface area contributed by atoms with Crippen LogP contribution in [0.3, 0.4) is 0 Å². The molecule has 0 saturated carbocycles. The summed E-state index contributed by atoms with van der Waals surface area (Å²) in [6.07, 6.45) is 1.88. The number of halogens is 2. The lowest BCUT2D eigenvalue weighted by molar-refractivity contribution is 0.362. The van der Waals surface area contributed by atoms with Crippen LogP contribution < -0.4 is 16.0 Å². The third kappa shape index (κ3) is 3.96. The van der Waals surface area contributed by atoms with E-state index in [2.05, 4.69) is 17.1 Å². The van der Waals surface area contributed by atoms with Gasteiger partial charge >= 0.3 is 0 Å². The lowest BCUT2D eigenvalue weighted by Crippen LogP contribution is -2.48. The number of aryl methyl sites for hydroxylation is 1. The Morgan fingerprint density at radius 1 is 1.23 bits per heavy atom. The van der Waals surface area contributed by atoms with Gasteiger partial charge in [-0.2, -0.15) is 0 Å². The Morgan fingerprint density at radius 2 is 1.92 bits per heavy atom. The van der Waals surface area contributed by atoms with E-state index in [-0.39, 0.29) is 5.54 Å². The number of rotatable bonds is 4. The number of benzene rings is 1. The lowest BCUT2D eigenvalue weighted by Gasteiger charge is -2.38. The average Bonchev–Trinajstić information content (AvgIpc) is 2.59. The quantitative estimate of drug-likeness (QED) is 0.826. The number of nitrogens with one attached hydrogen (secondary N) is 1. The molecule has 140 valence electrons. The highest BCUT2D eigenvalue weighted by molar-refractivity contribution is 6.43. The molecule has 2 aromatic rings. The van der Waals surface area contributed by atoms with Gasteiger partial charge in [-0.3, -0.25) is 0 Å². The molecule has 1 aromatic heterocycles. The number of nitrogens with zero attached hydrogens (tertiary/aromatic N) is 3. The lowest BCUT2D eigenvalue weighted by atomic mass is 9.91. The van der Waals surface area contributed by atoms with Crippen molar-refractivity contribution in [1.29, 1.82) is 0 Å². The van der Waals surface area contributed by atoms with Gasteiger partial charge < -0.3 is 16.0 Å². The molecule has 0 radical (unpaired) electrons. The van der Waals surface area contributed by atoms with Gasteiger partial charge in [-0.25, -0.2) is 9.97 Å². The molecule has 1 aromatic carbocycles. The van der Waals surface area contributed by atoms with Gasteiger partial charge in [0.05, 0.1) is 27.1 Å². The third-order valence-electron chi connectivity index (χ3n) is 4.88. The van der Waals surface area contributed by atoms with Gasteiger partial charge in [0, 0.05) is 30.7 Å². The smallest absolute Gasteiger partial charge is 0.152 e. The third-order valence-corrected chi connectivity index (χ3v) is 5.70. The van der Waals surface area contributed by atoms with Gasteiger partial charge in [0.15, 0.2) is 5.82 Å². The predicted molar refractivity (Wildman–Crippen MR) is 109 cm³/mol. The maximum Gasteiger partial charge on any atom is 0.152 e. The van der Waals surface area contributed by atoms with Crippen LogP contribution in [0.5, 0.6) is 0 Å². The number of nitrogens with two attached hydrogens (primary N) is 1. The first kappa shape index (κ1) is 19.4. The summed E-state index contributed by atoms with van der Waals surface area (Å²) in [6, 6.07) is 5.58. The van der Waals surface area contributed by atoms with E-state index in [0.29, 0.717) is 16.6 Å². The van der Waals surface area contributed by atoms with E-state index >= 15 is 0 Å². The van der Waals surface area contributed by atoms with E-state index in [9.17, 15) is 0 Å². The van der Waals surface area contributed by atoms with Crippen molar-refractivity contribution in [3.63, 3.8) is 0 Å². The van der Waals surface area contributed by atoms with Crippen LogP contribution in [0.1, 0.15) is 31.2 Å². The van der Waals surface area contributed by atoms with Gasteiger partial charge in [0.2, 0.25) is 0 Å². The summed E-state index contributed by atoms with van der Waals surface area (Å²) in [5.41, 5.74) is 9.50. The molecule has 1 fully saturated rings. The fourth-order valence-corrected chi connectivity index (χ4v) is 3.64. The Bertz CT molecular complexity index is 797. The first-order valence-corrected chi connectivity index (χ1v) is 9.58. The Morgan fingerprint density at radius 3 is 2.58 bits per heavy atom. The number of anilines is 1. The van der Waals surface area contributed by atoms with Crippen LogP contribution in [0, 0.1) is 6.92 Å². The maximum absolute atomic E-state index is 6.41. The van der Waals surface area contributed by atoms with Gasteiger partial charge in [0.1, 0.15) is 0 Å². The summed E-state index contributed by atoms with van der Waals surface area (Å²) in [7, 11) is 1.91. The Labute approximate surface area is 164 Å². The first-order valence-electron chi connectivity index (χ1n) is 8.83. The van der Waals surface area contributed by atoms with Crippen molar-refractivity contribution in [2.75, 3.05) is 25.0 Å². The molecule has 7 heteroatoms. The molecule has 0 atom stereocenters. The molecule has 2 heterocycles. The minimum absolute atomic E-state index is 0.101. The minimum atomic E-state index is -0.101. The van der Waals surface area contributed by atoms with E-state index in [1.54, 1.807) is 6.07 Å². The summed E-state index contributed by atoms with van der Waals surface area (Å²) in [4.78, 5) is 12.1. The zero-order valence-electron chi connectivity index (χ0n) is 15.4. The fraction of sp³-hybridized carbons (Fsp3) is 0.474. The normalized spacial score (nSPS) is 16.8. The summed E-state index contributed by atoms with van der Waals surface area (Å²) in [5, 5.41) is 4.21.